The number of fused-ring (bicyclic) bond motifs is 1. The molecule has 0 saturated carbocycles. The Morgan fingerprint density at radius 3 is 2.32 bits per heavy atom. The Balaban J connectivity index is 1.53. The van der Waals surface area contributed by atoms with E-state index in [4.69, 9.17) is 27.9 Å². The fraction of sp³-hybridized carbons (Fsp3) is 0.458. The smallest absolute Gasteiger partial charge is 0.338 e. The van der Waals surface area contributed by atoms with Gasteiger partial charge in [0.05, 0.1) is 18.4 Å². The van der Waals surface area contributed by atoms with E-state index in [1.54, 1.807) is 44.2 Å². The topological polar surface area (TPSA) is 107 Å². The molecule has 0 radical (unpaired) electrons. The van der Waals surface area contributed by atoms with E-state index in [9.17, 15) is 13.2 Å². The van der Waals surface area contributed by atoms with Crippen molar-refractivity contribution in [3.63, 3.8) is 0 Å². The highest BCUT2D eigenvalue weighted by Crippen LogP contribution is 2.40. The molecule has 2 unspecified atom stereocenters. The number of esters is 1. The Kier molecular flexibility index (Phi) is 7.36. The van der Waals surface area contributed by atoms with Gasteiger partial charge in [-0.1, -0.05) is 48.5 Å². The fourth-order valence-electron chi connectivity index (χ4n) is 3.98. The van der Waals surface area contributed by atoms with Crippen LogP contribution >= 0.6 is 0 Å². The molecule has 5 atom stereocenters. The van der Waals surface area contributed by atoms with Crippen LogP contribution in [0.2, 0.25) is 0 Å². The van der Waals surface area contributed by atoms with Crippen molar-refractivity contribution in [1.82, 2.24) is 0 Å². The lowest BCUT2D eigenvalue weighted by Crippen LogP contribution is -2.46. The van der Waals surface area contributed by atoms with Crippen LogP contribution in [-0.4, -0.2) is 63.7 Å². The molecule has 0 aromatic heterocycles. The van der Waals surface area contributed by atoms with Gasteiger partial charge in [0.15, 0.2) is 12.1 Å². The van der Waals surface area contributed by atoms with E-state index >= 15 is 0 Å². The Morgan fingerprint density at radius 1 is 1.03 bits per heavy atom. The number of benzene rings is 2. The van der Waals surface area contributed by atoms with Crippen molar-refractivity contribution >= 4 is 16.1 Å². The molecule has 2 aromatic carbocycles. The monoisotopic (exact) mass is 492 g/mol. The average Bonchev–Trinajstić information content (AvgIpc) is 3.27. The molecule has 184 valence electrons. The Labute approximate surface area is 199 Å². The van der Waals surface area contributed by atoms with Crippen LogP contribution in [0, 0.1) is 0 Å². The van der Waals surface area contributed by atoms with E-state index < -0.39 is 52.6 Å². The van der Waals surface area contributed by atoms with Gasteiger partial charge in [0, 0.05) is 0 Å². The minimum absolute atomic E-state index is 0.230. The predicted molar refractivity (Wildman–Crippen MR) is 120 cm³/mol. The maximum absolute atomic E-state index is 12.5. The molecule has 2 aliphatic rings. The predicted octanol–water partition coefficient (Wildman–Crippen LogP) is 2.65. The number of carbonyl (C=O) groups is 1. The summed E-state index contributed by atoms with van der Waals surface area (Å²) in [5, 5.41) is 0. The first-order valence-electron chi connectivity index (χ1n) is 10.9. The third kappa shape index (κ3) is 6.21. The van der Waals surface area contributed by atoms with Gasteiger partial charge in [0.25, 0.3) is 10.1 Å². The summed E-state index contributed by atoms with van der Waals surface area (Å²) in [6.07, 6.45) is -3.35. The van der Waals surface area contributed by atoms with Crippen molar-refractivity contribution in [3.8, 4) is 0 Å². The number of carbonyl (C=O) groups excluding carboxylic acids is 1. The lowest BCUT2D eigenvalue weighted by Gasteiger charge is -2.30. The SMILES string of the molecule is CC1(C)O[C@H]2OC(C(COC(=O)c3ccccc3)OS(C)(=O)=O)[C@H](OCc3ccccc3)[C@H]2O1. The number of ether oxygens (including phenoxy) is 5. The van der Waals surface area contributed by atoms with Crippen LogP contribution in [-0.2, 0) is 44.6 Å². The zero-order chi connectivity index (χ0) is 24.3. The largest absolute Gasteiger partial charge is 0.459 e. The summed E-state index contributed by atoms with van der Waals surface area (Å²) in [6.45, 7) is 3.36. The molecule has 34 heavy (non-hydrogen) atoms. The normalized spacial score (nSPS) is 26.7. The summed E-state index contributed by atoms with van der Waals surface area (Å²) < 4.78 is 58.7. The fourth-order valence-corrected chi connectivity index (χ4v) is 4.59. The van der Waals surface area contributed by atoms with Crippen molar-refractivity contribution in [2.75, 3.05) is 12.9 Å². The minimum Gasteiger partial charge on any atom is -0.459 e. The highest BCUT2D eigenvalue weighted by atomic mass is 32.2. The first-order chi connectivity index (χ1) is 16.1. The first kappa shape index (κ1) is 24.8. The zero-order valence-corrected chi connectivity index (χ0v) is 20.0. The molecule has 0 spiro atoms. The third-order valence-electron chi connectivity index (χ3n) is 5.37. The highest BCUT2D eigenvalue weighted by Gasteiger charge is 2.58. The summed E-state index contributed by atoms with van der Waals surface area (Å²) in [7, 11) is -3.92. The van der Waals surface area contributed by atoms with E-state index in [0.717, 1.165) is 11.8 Å². The Hall–Kier alpha value is -2.34. The lowest BCUT2D eigenvalue weighted by molar-refractivity contribution is -0.230. The van der Waals surface area contributed by atoms with Crippen molar-refractivity contribution in [3.05, 3.63) is 71.8 Å². The van der Waals surface area contributed by atoms with Crippen LogP contribution in [0.3, 0.4) is 0 Å². The second-order valence-corrected chi connectivity index (χ2v) is 10.2. The van der Waals surface area contributed by atoms with E-state index in [1.165, 1.54) is 0 Å². The zero-order valence-electron chi connectivity index (χ0n) is 19.2. The summed E-state index contributed by atoms with van der Waals surface area (Å²) in [5.41, 5.74) is 1.24. The number of hydrogen-bond acceptors (Lipinski definition) is 9. The van der Waals surface area contributed by atoms with Gasteiger partial charge in [-0.25, -0.2) is 4.79 Å². The van der Waals surface area contributed by atoms with E-state index in [2.05, 4.69) is 0 Å². The summed E-state index contributed by atoms with van der Waals surface area (Å²) in [5.74, 6) is -1.52. The molecule has 2 aromatic rings. The van der Waals surface area contributed by atoms with Crippen LogP contribution < -0.4 is 0 Å². The van der Waals surface area contributed by atoms with Crippen LogP contribution in [0.1, 0.15) is 29.8 Å². The van der Waals surface area contributed by atoms with Gasteiger partial charge in [-0.3, -0.25) is 4.18 Å². The molecular weight excluding hydrogens is 464 g/mol. The van der Waals surface area contributed by atoms with Gasteiger partial charge in [0.1, 0.15) is 31.0 Å². The second kappa shape index (κ2) is 10.1. The molecule has 0 bridgehead atoms. The van der Waals surface area contributed by atoms with Crippen LogP contribution in [0.25, 0.3) is 0 Å². The van der Waals surface area contributed by atoms with E-state index in [-0.39, 0.29) is 13.2 Å². The quantitative estimate of drug-likeness (QED) is 0.386. The molecular formula is C24H28O9S. The number of hydrogen-bond donors (Lipinski definition) is 0. The molecule has 9 nitrogen and oxygen atoms in total. The molecule has 2 aliphatic heterocycles. The molecule has 4 rings (SSSR count). The molecule has 2 saturated heterocycles. The van der Waals surface area contributed by atoms with Gasteiger partial charge in [-0.15, -0.1) is 0 Å². The Bertz CT molecular complexity index is 1070. The van der Waals surface area contributed by atoms with Gasteiger partial charge in [-0.05, 0) is 31.5 Å². The summed E-state index contributed by atoms with van der Waals surface area (Å²) >= 11 is 0. The molecule has 0 aliphatic carbocycles. The molecule has 2 fully saturated rings. The van der Waals surface area contributed by atoms with Crippen LogP contribution in [0.5, 0.6) is 0 Å². The van der Waals surface area contributed by atoms with E-state index in [0.29, 0.717) is 5.56 Å². The number of rotatable bonds is 9. The van der Waals surface area contributed by atoms with Gasteiger partial charge in [-0.2, -0.15) is 8.42 Å². The molecule has 2 heterocycles. The van der Waals surface area contributed by atoms with Crippen LogP contribution in [0.4, 0.5) is 0 Å². The molecule has 10 heteroatoms. The molecule has 0 amide bonds. The van der Waals surface area contributed by atoms with Crippen molar-refractivity contribution in [2.24, 2.45) is 0 Å². The van der Waals surface area contributed by atoms with Crippen molar-refractivity contribution < 1.29 is 41.1 Å². The average molecular weight is 493 g/mol. The second-order valence-electron chi connectivity index (χ2n) is 8.63. The van der Waals surface area contributed by atoms with Crippen molar-refractivity contribution in [2.45, 2.75) is 56.9 Å². The lowest BCUT2D eigenvalue weighted by atomic mass is 10.1. The van der Waals surface area contributed by atoms with Gasteiger partial charge in [0.2, 0.25) is 0 Å². The van der Waals surface area contributed by atoms with Crippen molar-refractivity contribution in [1.29, 1.82) is 0 Å². The van der Waals surface area contributed by atoms with Gasteiger partial charge < -0.3 is 23.7 Å². The Morgan fingerprint density at radius 2 is 1.68 bits per heavy atom. The maximum Gasteiger partial charge on any atom is 0.338 e. The highest BCUT2D eigenvalue weighted by molar-refractivity contribution is 7.86. The maximum atomic E-state index is 12.5. The first-order valence-corrected chi connectivity index (χ1v) is 12.7. The van der Waals surface area contributed by atoms with E-state index in [1.807, 2.05) is 30.3 Å². The molecule has 0 N–H and O–H groups in total. The standard InChI is InChI=1S/C24H28O9S/c1-24(2)31-21-20(28-14-16-10-6-4-7-11-16)19(30-23(21)32-24)18(33-34(3,26)27)15-29-22(25)17-12-8-5-9-13-17/h4-13,18-21,23H,14-15H2,1-3H3/t18?,19?,20-,21+,23+/m0/s1. The minimum atomic E-state index is -3.92. The summed E-state index contributed by atoms with van der Waals surface area (Å²) in [6, 6.07) is 17.9. The third-order valence-corrected chi connectivity index (χ3v) is 5.96. The van der Waals surface area contributed by atoms with Gasteiger partial charge >= 0.3 is 5.97 Å². The summed E-state index contributed by atoms with van der Waals surface area (Å²) in [4.78, 5) is 12.5. The van der Waals surface area contributed by atoms with Crippen LogP contribution in [0.15, 0.2) is 60.7 Å².